The molecular formula is C9H10BrClFNO2. The number of hydrogen-bond acceptors (Lipinski definition) is 3. The number of carbonyl (C=O) groups is 1. The van der Waals surface area contributed by atoms with E-state index in [1.54, 1.807) is 0 Å². The molecule has 6 heteroatoms. The Bertz CT molecular complexity index is 362. The topological polar surface area (TPSA) is 52.3 Å². The Morgan fingerprint density at radius 1 is 1.60 bits per heavy atom. The molecule has 0 saturated heterocycles. The lowest BCUT2D eigenvalue weighted by Crippen LogP contribution is -2.22. The summed E-state index contributed by atoms with van der Waals surface area (Å²) >= 11 is 3.00. The first-order chi connectivity index (χ1) is 6.56. The minimum Gasteiger partial charge on any atom is -0.468 e. The van der Waals surface area contributed by atoms with E-state index in [-0.39, 0.29) is 16.9 Å². The third kappa shape index (κ3) is 3.44. The minimum absolute atomic E-state index is 0. The van der Waals surface area contributed by atoms with Crippen LogP contribution in [0.25, 0.3) is 0 Å². The van der Waals surface area contributed by atoms with Crippen LogP contribution in [0.15, 0.2) is 22.7 Å². The molecule has 0 radical (unpaired) electrons. The van der Waals surface area contributed by atoms with Crippen molar-refractivity contribution in [2.45, 2.75) is 6.04 Å². The highest BCUT2D eigenvalue weighted by molar-refractivity contribution is 9.10. The van der Waals surface area contributed by atoms with Crippen LogP contribution in [0.2, 0.25) is 0 Å². The maximum atomic E-state index is 12.8. The van der Waals surface area contributed by atoms with Crippen LogP contribution in [0.4, 0.5) is 4.39 Å². The molecule has 0 aliphatic heterocycles. The van der Waals surface area contributed by atoms with E-state index in [1.807, 2.05) is 0 Å². The molecule has 2 N–H and O–H groups in total. The Hall–Kier alpha value is -0.650. The van der Waals surface area contributed by atoms with Crippen LogP contribution in [0.1, 0.15) is 11.6 Å². The summed E-state index contributed by atoms with van der Waals surface area (Å²) in [5.74, 6) is -0.950. The van der Waals surface area contributed by atoms with Crippen LogP contribution >= 0.6 is 28.3 Å². The Kier molecular flexibility index (Phi) is 5.79. The average Bonchev–Trinajstić information content (AvgIpc) is 2.20. The van der Waals surface area contributed by atoms with Gasteiger partial charge in [-0.25, -0.2) is 4.39 Å². The van der Waals surface area contributed by atoms with Gasteiger partial charge in [0.1, 0.15) is 11.9 Å². The predicted molar refractivity (Wildman–Crippen MR) is 60.3 cm³/mol. The van der Waals surface area contributed by atoms with Crippen molar-refractivity contribution in [2.24, 2.45) is 5.73 Å². The maximum absolute atomic E-state index is 12.8. The van der Waals surface area contributed by atoms with Gasteiger partial charge in [0.05, 0.1) is 11.6 Å². The third-order valence-corrected chi connectivity index (χ3v) is 2.37. The van der Waals surface area contributed by atoms with E-state index in [0.717, 1.165) is 0 Å². The number of esters is 1. The van der Waals surface area contributed by atoms with Crippen molar-refractivity contribution in [3.63, 3.8) is 0 Å². The molecule has 0 spiro atoms. The summed E-state index contributed by atoms with van der Waals surface area (Å²) in [6, 6.07) is 3.26. The van der Waals surface area contributed by atoms with Gasteiger partial charge in [0, 0.05) is 0 Å². The Balaban J connectivity index is 0.00000196. The van der Waals surface area contributed by atoms with E-state index in [2.05, 4.69) is 20.7 Å². The first-order valence-corrected chi connectivity index (χ1v) is 4.64. The second kappa shape index (κ2) is 6.05. The summed E-state index contributed by atoms with van der Waals surface area (Å²) in [6.07, 6.45) is 0. The highest BCUT2D eigenvalue weighted by Gasteiger charge is 2.16. The van der Waals surface area contributed by atoms with Crippen molar-refractivity contribution in [1.82, 2.24) is 0 Å². The van der Waals surface area contributed by atoms with Crippen molar-refractivity contribution in [1.29, 1.82) is 0 Å². The lowest BCUT2D eigenvalue weighted by atomic mass is 10.1. The molecule has 0 aromatic heterocycles. The summed E-state index contributed by atoms with van der Waals surface area (Å²) in [5, 5.41) is 0. The molecule has 0 amide bonds. The van der Waals surface area contributed by atoms with E-state index >= 15 is 0 Å². The average molecular weight is 299 g/mol. The lowest BCUT2D eigenvalue weighted by molar-refractivity contribution is -0.142. The number of nitrogens with two attached hydrogens (primary N) is 1. The molecule has 1 aromatic carbocycles. The van der Waals surface area contributed by atoms with Crippen LogP contribution in [0.5, 0.6) is 0 Å². The second-order valence-corrected chi connectivity index (χ2v) is 3.53. The molecular weight excluding hydrogens is 288 g/mol. The van der Waals surface area contributed by atoms with Gasteiger partial charge in [-0.05, 0) is 33.6 Å². The van der Waals surface area contributed by atoms with E-state index in [0.29, 0.717) is 5.56 Å². The van der Waals surface area contributed by atoms with Gasteiger partial charge in [0.2, 0.25) is 0 Å². The van der Waals surface area contributed by atoms with Gasteiger partial charge < -0.3 is 10.5 Å². The molecule has 0 bridgehead atoms. The second-order valence-electron chi connectivity index (χ2n) is 2.67. The number of benzene rings is 1. The van der Waals surface area contributed by atoms with Gasteiger partial charge in [0.15, 0.2) is 0 Å². The zero-order valence-electron chi connectivity index (χ0n) is 7.87. The molecule has 0 aliphatic rings. The SMILES string of the molecule is COC(=O)[C@H](N)c1ccc(F)c(Br)c1.Cl. The highest BCUT2D eigenvalue weighted by Crippen LogP contribution is 2.20. The van der Waals surface area contributed by atoms with Crippen molar-refractivity contribution in [2.75, 3.05) is 7.11 Å². The summed E-state index contributed by atoms with van der Waals surface area (Å²) < 4.78 is 17.6. The number of carbonyl (C=O) groups excluding carboxylic acids is 1. The highest BCUT2D eigenvalue weighted by atomic mass is 79.9. The van der Waals surface area contributed by atoms with E-state index in [1.165, 1.54) is 25.3 Å². The fraction of sp³-hybridized carbons (Fsp3) is 0.222. The van der Waals surface area contributed by atoms with E-state index in [9.17, 15) is 9.18 Å². The molecule has 1 rings (SSSR count). The molecule has 3 nitrogen and oxygen atoms in total. The van der Waals surface area contributed by atoms with Gasteiger partial charge >= 0.3 is 5.97 Å². The van der Waals surface area contributed by atoms with Crippen LogP contribution in [-0.2, 0) is 9.53 Å². The first-order valence-electron chi connectivity index (χ1n) is 3.84. The molecule has 1 aromatic rings. The van der Waals surface area contributed by atoms with E-state index < -0.39 is 17.8 Å². The van der Waals surface area contributed by atoms with Gasteiger partial charge in [-0.3, -0.25) is 4.79 Å². The Morgan fingerprint density at radius 2 is 2.20 bits per heavy atom. The quantitative estimate of drug-likeness (QED) is 0.852. The van der Waals surface area contributed by atoms with Crippen LogP contribution < -0.4 is 5.73 Å². The summed E-state index contributed by atoms with van der Waals surface area (Å²) in [5.41, 5.74) is 6.05. The van der Waals surface area contributed by atoms with Gasteiger partial charge in [-0.1, -0.05) is 6.07 Å². The van der Waals surface area contributed by atoms with Gasteiger partial charge in [-0.2, -0.15) is 0 Å². The number of methoxy groups -OCH3 is 1. The largest absolute Gasteiger partial charge is 0.468 e. The Labute approximate surface area is 101 Å². The molecule has 0 saturated carbocycles. The molecule has 1 atom stereocenters. The minimum atomic E-state index is -0.878. The van der Waals surface area contributed by atoms with Crippen LogP contribution in [0, 0.1) is 5.82 Å². The summed E-state index contributed by atoms with van der Waals surface area (Å²) in [7, 11) is 1.25. The number of ether oxygens (including phenoxy) is 1. The van der Waals surface area contributed by atoms with Crippen molar-refractivity contribution >= 4 is 34.3 Å². The van der Waals surface area contributed by atoms with Gasteiger partial charge in [-0.15, -0.1) is 12.4 Å². The fourth-order valence-corrected chi connectivity index (χ4v) is 1.37. The predicted octanol–water partition coefficient (Wildman–Crippen LogP) is 2.18. The van der Waals surface area contributed by atoms with E-state index in [4.69, 9.17) is 5.73 Å². The monoisotopic (exact) mass is 297 g/mol. The zero-order chi connectivity index (χ0) is 10.7. The molecule has 0 unspecified atom stereocenters. The fourth-order valence-electron chi connectivity index (χ4n) is 0.969. The van der Waals surface area contributed by atoms with Crippen molar-refractivity contribution < 1.29 is 13.9 Å². The number of halogens is 3. The van der Waals surface area contributed by atoms with Crippen LogP contribution in [0.3, 0.4) is 0 Å². The smallest absolute Gasteiger partial charge is 0.327 e. The number of rotatable bonds is 2. The standard InChI is InChI=1S/C9H9BrFNO2.ClH/c1-14-9(13)8(12)5-2-3-7(11)6(10)4-5;/h2-4,8H,12H2,1H3;1H/t8-;/m1./s1. The molecule has 0 aliphatic carbocycles. The summed E-state index contributed by atoms with van der Waals surface area (Å²) in [4.78, 5) is 11.1. The number of hydrogen-bond donors (Lipinski definition) is 1. The zero-order valence-corrected chi connectivity index (χ0v) is 10.3. The normalized spacial score (nSPS) is 11.5. The summed E-state index contributed by atoms with van der Waals surface area (Å²) in [6.45, 7) is 0. The van der Waals surface area contributed by atoms with Crippen molar-refractivity contribution in [3.8, 4) is 0 Å². The lowest BCUT2D eigenvalue weighted by Gasteiger charge is -2.09. The molecule has 15 heavy (non-hydrogen) atoms. The van der Waals surface area contributed by atoms with Crippen LogP contribution in [-0.4, -0.2) is 13.1 Å². The molecule has 0 heterocycles. The van der Waals surface area contributed by atoms with Crippen molar-refractivity contribution in [3.05, 3.63) is 34.1 Å². The molecule has 84 valence electrons. The van der Waals surface area contributed by atoms with Gasteiger partial charge in [0.25, 0.3) is 0 Å². The maximum Gasteiger partial charge on any atom is 0.327 e. The molecule has 0 fully saturated rings. The Morgan fingerprint density at radius 3 is 2.67 bits per heavy atom. The third-order valence-electron chi connectivity index (χ3n) is 1.76. The first kappa shape index (κ1) is 14.3.